The Morgan fingerprint density at radius 3 is 2.29 bits per heavy atom. The first kappa shape index (κ1) is 15.7. The molecule has 1 amide bonds. The quantitative estimate of drug-likeness (QED) is 0.715. The summed E-state index contributed by atoms with van der Waals surface area (Å²) in [4.78, 5) is 18.9. The van der Waals surface area contributed by atoms with E-state index in [4.69, 9.17) is 4.74 Å². The summed E-state index contributed by atoms with van der Waals surface area (Å²) < 4.78 is 5.18. The van der Waals surface area contributed by atoms with Crippen LogP contribution in [0.25, 0.3) is 0 Å². The molecular formula is C20H18N2O2. The van der Waals surface area contributed by atoms with E-state index in [9.17, 15) is 4.79 Å². The van der Waals surface area contributed by atoms with Gasteiger partial charge >= 0.3 is 0 Å². The van der Waals surface area contributed by atoms with Crippen LogP contribution in [0.3, 0.4) is 0 Å². The third-order valence-corrected chi connectivity index (χ3v) is 3.69. The van der Waals surface area contributed by atoms with Crippen LogP contribution in [0.1, 0.15) is 15.9 Å². The number of anilines is 1. The molecule has 3 rings (SSSR count). The number of hydrogen-bond donors (Lipinski definition) is 0. The lowest BCUT2D eigenvalue weighted by Crippen LogP contribution is -2.31. The SMILES string of the molecule is COc1ccc(CN(C(=O)c2ccccc2)c2ccccn2)cc1. The fourth-order valence-electron chi connectivity index (χ4n) is 2.42. The first-order valence-corrected chi connectivity index (χ1v) is 7.69. The second kappa shape index (κ2) is 7.42. The average Bonchev–Trinajstić information content (AvgIpc) is 2.67. The van der Waals surface area contributed by atoms with Crippen LogP contribution in [0.5, 0.6) is 5.75 Å². The van der Waals surface area contributed by atoms with Crippen LogP contribution in [0.4, 0.5) is 5.82 Å². The zero-order valence-corrected chi connectivity index (χ0v) is 13.4. The fraction of sp³-hybridized carbons (Fsp3) is 0.100. The molecule has 0 atom stereocenters. The van der Waals surface area contributed by atoms with Crippen LogP contribution in [0.15, 0.2) is 79.0 Å². The van der Waals surface area contributed by atoms with Crippen LogP contribution >= 0.6 is 0 Å². The maximum absolute atomic E-state index is 12.9. The van der Waals surface area contributed by atoms with Crippen LogP contribution < -0.4 is 9.64 Å². The van der Waals surface area contributed by atoms with Crippen molar-refractivity contribution in [1.29, 1.82) is 0 Å². The van der Waals surface area contributed by atoms with E-state index in [-0.39, 0.29) is 5.91 Å². The van der Waals surface area contributed by atoms with Gasteiger partial charge in [0, 0.05) is 11.8 Å². The Kier molecular flexibility index (Phi) is 4.87. The van der Waals surface area contributed by atoms with Crippen molar-refractivity contribution in [2.75, 3.05) is 12.0 Å². The van der Waals surface area contributed by atoms with E-state index in [1.807, 2.05) is 72.8 Å². The number of hydrogen-bond acceptors (Lipinski definition) is 3. The van der Waals surface area contributed by atoms with Crippen molar-refractivity contribution in [3.8, 4) is 5.75 Å². The Morgan fingerprint density at radius 2 is 1.67 bits per heavy atom. The predicted octanol–water partition coefficient (Wildman–Crippen LogP) is 3.94. The molecule has 0 aliphatic rings. The Labute approximate surface area is 141 Å². The van der Waals surface area contributed by atoms with Crippen LogP contribution in [0, 0.1) is 0 Å². The van der Waals surface area contributed by atoms with E-state index in [1.165, 1.54) is 0 Å². The highest BCUT2D eigenvalue weighted by molar-refractivity contribution is 6.05. The maximum atomic E-state index is 12.9. The molecule has 0 fully saturated rings. The summed E-state index contributed by atoms with van der Waals surface area (Å²) >= 11 is 0. The van der Waals surface area contributed by atoms with Gasteiger partial charge in [-0.25, -0.2) is 4.98 Å². The van der Waals surface area contributed by atoms with E-state index in [0.29, 0.717) is 17.9 Å². The molecule has 1 heterocycles. The summed E-state index contributed by atoms with van der Waals surface area (Å²) in [5.41, 5.74) is 1.64. The number of carbonyl (C=O) groups excluding carboxylic acids is 1. The molecular weight excluding hydrogens is 300 g/mol. The molecule has 2 aromatic carbocycles. The normalized spacial score (nSPS) is 10.2. The molecule has 0 bridgehead atoms. The number of ether oxygens (including phenoxy) is 1. The number of pyridine rings is 1. The first-order valence-electron chi connectivity index (χ1n) is 7.69. The van der Waals surface area contributed by atoms with Crippen molar-refractivity contribution >= 4 is 11.7 Å². The molecule has 3 aromatic rings. The summed E-state index contributed by atoms with van der Waals surface area (Å²) in [5.74, 6) is 1.34. The van der Waals surface area contributed by atoms with Crippen molar-refractivity contribution in [2.24, 2.45) is 0 Å². The highest BCUT2D eigenvalue weighted by Crippen LogP contribution is 2.19. The molecule has 0 N–H and O–H groups in total. The molecule has 0 spiro atoms. The maximum Gasteiger partial charge on any atom is 0.259 e. The third-order valence-electron chi connectivity index (χ3n) is 3.69. The Balaban J connectivity index is 1.91. The largest absolute Gasteiger partial charge is 0.497 e. The van der Waals surface area contributed by atoms with Gasteiger partial charge in [-0.05, 0) is 42.0 Å². The van der Waals surface area contributed by atoms with Gasteiger partial charge in [0.2, 0.25) is 0 Å². The second-order valence-corrected chi connectivity index (χ2v) is 5.29. The highest BCUT2D eigenvalue weighted by Gasteiger charge is 2.18. The number of amides is 1. The van der Waals surface area contributed by atoms with Crippen molar-refractivity contribution in [1.82, 2.24) is 4.98 Å². The Bertz CT molecular complexity index is 787. The molecule has 0 radical (unpaired) electrons. The summed E-state index contributed by atoms with van der Waals surface area (Å²) in [7, 11) is 1.63. The Morgan fingerprint density at radius 1 is 0.958 bits per heavy atom. The first-order chi connectivity index (χ1) is 11.8. The summed E-state index contributed by atoms with van der Waals surface area (Å²) in [6, 6.07) is 22.5. The van der Waals surface area contributed by atoms with Crippen LogP contribution in [0.2, 0.25) is 0 Å². The monoisotopic (exact) mass is 318 g/mol. The van der Waals surface area contributed by atoms with Crippen molar-refractivity contribution in [3.05, 3.63) is 90.1 Å². The van der Waals surface area contributed by atoms with E-state index in [0.717, 1.165) is 11.3 Å². The van der Waals surface area contributed by atoms with Gasteiger partial charge in [-0.2, -0.15) is 0 Å². The minimum absolute atomic E-state index is 0.0786. The molecule has 4 heteroatoms. The zero-order valence-electron chi connectivity index (χ0n) is 13.4. The number of nitrogens with zero attached hydrogens (tertiary/aromatic N) is 2. The average molecular weight is 318 g/mol. The number of carbonyl (C=O) groups is 1. The fourth-order valence-corrected chi connectivity index (χ4v) is 2.42. The van der Waals surface area contributed by atoms with Crippen molar-refractivity contribution < 1.29 is 9.53 Å². The van der Waals surface area contributed by atoms with Gasteiger partial charge < -0.3 is 4.74 Å². The molecule has 4 nitrogen and oxygen atoms in total. The molecule has 0 aliphatic heterocycles. The third kappa shape index (κ3) is 3.60. The molecule has 0 saturated heterocycles. The van der Waals surface area contributed by atoms with E-state index in [1.54, 1.807) is 18.2 Å². The summed E-state index contributed by atoms with van der Waals surface area (Å²) in [5, 5.41) is 0. The molecule has 24 heavy (non-hydrogen) atoms. The number of rotatable bonds is 5. The lowest BCUT2D eigenvalue weighted by Gasteiger charge is -2.22. The van der Waals surface area contributed by atoms with Gasteiger partial charge in [0.25, 0.3) is 5.91 Å². The van der Waals surface area contributed by atoms with Gasteiger partial charge in [0.1, 0.15) is 11.6 Å². The van der Waals surface area contributed by atoms with Crippen LogP contribution in [-0.2, 0) is 6.54 Å². The predicted molar refractivity (Wildman–Crippen MR) is 94.2 cm³/mol. The summed E-state index contributed by atoms with van der Waals surface area (Å²) in [6.45, 7) is 0.439. The minimum atomic E-state index is -0.0786. The summed E-state index contributed by atoms with van der Waals surface area (Å²) in [6.07, 6.45) is 1.69. The molecule has 120 valence electrons. The highest BCUT2D eigenvalue weighted by atomic mass is 16.5. The molecule has 0 unspecified atom stereocenters. The second-order valence-electron chi connectivity index (χ2n) is 5.29. The lowest BCUT2D eigenvalue weighted by atomic mass is 10.1. The molecule has 0 saturated carbocycles. The lowest BCUT2D eigenvalue weighted by molar-refractivity contribution is 0.0984. The zero-order chi connectivity index (χ0) is 16.8. The standard InChI is InChI=1S/C20H18N2O2/c1-24-18-12-10-16(11-13-18)15-22(19-9-5-6-14-21-19)20(23)17-7-3-2-4-8-17/h2-14H,15H2,1H3. The van der Waals surface area contributed by atoms with Gasteiger partial charge in [-0.15, -0.1) is 0 Å². The Hall–Kier alpha value is -3.14. The van der Waals surface area contributed by atoms with Gasteiger partial charge in [-0.1, -0.05) is 36.4 Å². The smallest absolute Gasteiger partial charge is 0.259 e. The number of aromatic nitrogens is 1. The number of benzene rings is 2. The van der Waals surface area contributed by atoms with Crippen molar-refractivity contribution in [2.45, 2.75) is 6.54 Å². The molecule has 1 aromatic heterocycles. The van der Waals surface area contributed by atoms with Crippen molar-refractivity contribution in [3.63, 3.8) is 0 Å². The van der Waals surface area contributed by atoms with E-state index in [2.05, 4.69) is 4.98 Å². The van der Waals surface area contributed by atoms with Gasteiger partial charge in [0.15, 0.2) is 0 Å². The van der Waals surface area contributed by atoms with Gasteiger partial charge in [0.05, 0.1) is 13.7 Å². The van der Waals surface area contributed by atoms with E-state index >= 15 is 0 Å². The van der Waals surface area contributed by atoms with Gasteiger partial charge in [-0.3, -0.25) is 9.69 Å². The van der Waals surface area contributed by atoms with Crippen LogP contribution in [-0.4, -0.2) is 18.0 Å². The number of methoxy groups -OCH3 is 1. The van der Waals surface area contributed by atoms with E-state index < -0.39 is 0 Å². The molecule has 0 aliphatic carbocycles. The minimum Gasteiger partial charge on any atom is -0.497 e. The topological polar surface area (TPSA) is 42.4 Å².